The van der Waals surface area contributed by atoms with E-state index in [2.05, 4.69) is 5.32 Å². The molecule has 0 aliphatic carbocycles. The van der Waals surface area contributed by atoms with Crippen LogP contribution in [0, 0.1) is 0 Å². The van der Waals surface area contributed by atoms with Crippen LogP contribution in [0.2, 0.25) is 0 Å². The molecule has 1 amide bonds. The second kappa shape index (κ2) is 8.73. The first-order valence-corrected chi connectivity index (χ1v) is 5.97. The molecular weight excluding hydrogens is 222 g/mol. The van der Waals surface area contributed by atoms with E-state index in [-0.39, 0.29) is 18.1 Å². The number of Topliss-reactive ketones (excluding diaryl/α,β-unsaturated/α-hetero) is 1. The number of esters is 1. The average Bonchev–Trinajstić information content (AvgIpc) is 2.24. The summed E-state index contributed by atoms with van der Waals surface area (Å²) in [5.41, 5.74) is 0. The van der Waals surface area contributed by atoms with Gasteiger partial charge in [0, 0.05) is 12.8 Å². The highest BCUT2D eigenvalue weighted by Crippen LogP contribution is 2.00. The zero-order valence-electron chi connectivity index (χ0n) is 10.7. The van der Waals surface area contributed by atoms with Crippen LogP contribution in [-0.2, 0) is 19.1 Å². The topological polar surface area (TPSA) is 72.5 Å². The number of hydrogen-bond acceptors (Lipinski definition) is 4. The van der Waals surface area contributed by atoms with E-state index in [4.69, 9.17) is 4.74 Å². The van der Waals surface area contributed by atoms with Gasteiger partial charge in [0.2, 0.25) is 5.91 Å². The molecule has 0 saturated heterocycles. The summed E-state index contributed by atoms with van der Waals surface area (Å²) in [4.78, 5) is 33.3. The molecule has 0 aromatic heterocycles. The third kappa shape index (κ3) is 8.42. The van der Waals surface area contributed by atoms with E-state index in [0.717, 1.165) is 12.8 Å². The van der Waals surface area contributed by atoms with E-state index in [0.29, 0.717) is 12.8 Å². The summed E-state index contributed by atoms with van der Waals surface area (Å²) in [5.74, 6) is -0.975. The van der Waals surface area contributed by atoms with Gasteiger partial charge in [0.25, 0.3) is 0 Å². The van der Waals surface area contributed by atoms with Crippen molar-refractivity contribution >= 4 is 17.7 Å². The monoisotopic (exact) mass is 243 g/mol. The molecule has 1 atom stereocenters. The maximum Gasteiger partial charge on any atom is 0.315 e. The number of unbranched alkanes of at least 4 members (excludes halogenated alkanes) is 1. The summed E-state index contributed by atoms with van der Waals surface area (Å²) in [5, 5.41) is 2.61. The molecule has 0 aliphatic heterocycles. The molecule has 5 nitrogen and oxygen atoms in total. The zero-order chi connectivity index (χ0) is 13.3. The quantitative estimate of drug-likeness (QED) is 0.399. The fourth-order valence-corrected chi connectivity index (χ4v) is 1.21. The van der Waals surface area contributed by atoms with E-state index in [1.165, 1.54) is 6.92 Å². The van der Waals surface area contributed by atoms with Gasteiger partial charge in [0.1, 0.15) is 12.2 Å². The molecule has 98 valence electrons. The third-order valence-electron chi connectivity index (χ3n) is 2.12. The lowest BCUT2D eigenvalue weighted by molar-refractivity contribution is -0.153. The van der Waals surface area contributed by atoms with Gasteiger partial charge in [-0.3, -0.25) is 14.4 Å². The molecule has 0 aromatic rings. The van der Waals surface area contributed by atoms with Gasteiger partial charge in [-0.1, -0.05) is 20.3 Å². The van der Waals surface area contributed by atoms with Crippen molar-refractivity contribution in [2.75, 3.05) is 0 Å². The summed E-state index contributed by atoms with van der Waals surface area (Å²) in [6, 6.07) is 0. The lowest BCUT2D eigenvalue weighted by atomic mass is 10.2. The predicted octanol–water partition coefficient (Wildman–Crippen LogP) is 1.55. The summed E-state index contributed by atoms with van der Waals surface area (Å²) in [6.45, 7) is 5.12. The first-order valence-electron chi connectivity index (χ1n) is 5.97. The molecule has 0 fully saturated rings. The Hall–Kier alpha value is -1.39. The molecule has 1 N–H and O–H groups in total. The van der Waals surface area contributed by atoms with Crippen molar-refractivity contribution in [3.8, 4) is 0 Å². The molecule has 1 unspecified atom stereocenters. The van der Waals surface area contributed by atoms with Gasteiger partial charge >= 0.3 is 5.97 Å². The second-order valence-electron chi connectivity index (χ2n) is 3.94. The van der Waals surface area contributed by atoms with E-state index in [9.17, 15) is 14.4 Å². The number of nitrogens with one attached hydrogen (secondary N) is 1. The van der Waals surface area contributed by atoms with Crippen molar-refractivity contribution in [3.63, 3.8) is 0 Å². The summed E-state index contributed by atoms with van der Waals surface area (Å²) >= 11 is 0. The number of carbonyl (C=O) groups is 3. The lowest BCUT2D eigenvalue weighted by Crippen LogP contribution is -2.38. The number of ether oxygens (including phenoxy) is 1. The normalized spacial score (nSPS) is 11.7. The number of hydrogen-bond donors (Lipinski definition) is 1. The molecule has 5 heteroatoms. The van der Waals surface area contributed by atoms with E-state index >= 15 is 0 Å². The predicted molar refractivity (Wildman–Crippen MR) is 63.1 cm³/mol. The van der Waals surface area contributed by atoms with Gasteiger partial charge in [0.15, 0.2) is 6.23 Å². The summed E-state index contributed by atoms with van der Waals surface area (Å²) < 4.78 is 4.97. The van der Waals surface area contributed by atoms with Gasteiger partial charge in [0.05, 0.1) is 0 Å². The van der Waals surface area contributed by atoms with Gasteiger partial charge in [-0.2, -0.15) is 0 Å². The van der Waals surface area contributed by atoms with Gasteiger partial charge in [-0.05, 0) is 13.3 Å². The number of rotatable bonds is 8. The molecule has 0 rings (SSSR count). The maximum atomic E-state index is 11.4. The Morgan fingerprint density at radius 2 is 1.88 bits per heavy atom. The lowest BCUT2D eigenvalue weighted by Gasteiger charge is -2.17. The van der Waals surface area contributed by atoms with Crippen LogP contribution in [0.25, 0.3) is 0 Å². The van der Waals surface area contributed by atoms with Crippen molar-refractivity contribution in [1.29, 1.82) is 0 Å². The molecule has 0 heterocycles. The summed E-state index contributed by atoms with van der Waals surface area (Å²) in [6.07, 6.45) is 1.78. The molecular formula is C12H21NO4. The highest BCUT2D eigenvalue weighted by molar-refractivity contribution is 5.94. The molecule has 0 aromatic carbocycles. The van der Waals surface area contributed by atoms with Crippen LogP contribution in [-0.4, -0.2) is 23.9 Å². The zero-order valence-corrected chi connectivity index (χ0v) is 10.7. The number of amides is 1. The summed E-state index contributed by atoms with van der Waals surface area (Å²) in [7, 11) is 0. The van der Waals surface area contributed by atoms with Crippen LogP contribution in [0.4, 0.5) is 0 Å². The van der Waals surface area contributed by atoms with Gasteiger partial charge < -0.3 is 10.1 Å². The maximum absolute atomic E-state index is 11.4. The number of ketones is 1. The Morgan fingerprint density at radius 1 is 1.24 bits per heavy atom. The Kier molecular flexibility index (Phi) is 8.01. The van der Waals surface area contributed by atoms with Crippen LogP contribution in [0.5, 0.6) is 0 Å². The second-order valence-corrected chi connectivity index (χ2v) is 3.94. The Balaban J connectivity index is 4.02. The minimum Gasteiger partial charge on any atom is -0.441 e. The molecule has 0 spiro atoms. The largest absolute Gasteiger partial charge is 0.441 e. The van der Waals surface area contributed by atoms with E-state index < -0.39 is 12.2 Å². The fraction of sp³-hybridized carbons (Fsp3) is 0.750. The first-order chi connectivity index (χ1) is 7.99. The molecule has 0 radical (unpaired) electrons. The van der Waals surface area contributed by atoms with Crippen LogP contribution >= 0.6 is 0 Å². The van der Waals surface area contributed by atoms with E-state index in [1.807, 2.05) is 6.92 Å². The molecule has 17 heavy (non-hydrogen) atoms. The SMILES string of the molecule is CCCCC(=O)NC(CC)OC(=O)CC(C)=O. The Labute approximate surface area is 102 Å². The van der Waals surface area contributed by atoms with Gasteiger partial charge in [-0.15, -0.1) is 0 Å². The minimum absolute atomic E-state index is 0.130. The molecule has 0 aliphatic rings. The van der Waals surface area contributed by atoms with Crippen LogP contribution in [0.15, 0.2) is 0 Å². The first kappa shape index (κ1) is 15.6. The fourth-order valence-electron chi connectivity index (χ4n) is 1.21. The highest BCUT2D eigenvalue weighted by Gasteiger charge is 2.15. The van der Waals surface area contributed by atoms with Crippen molar-refractivity contribution in [3.05, 3.63) is 0 Å². The smallest absolute Gasteiger partial charge is 0.315 e. The van der Waals surface area contributed by atoms with Crippen molar-refractivity contribution < 1.29 is 19.1 Å². The van der Waals surface area contributed by atoms with Crippen molar-refractivity contribution in [1.82, 2.24) is 5.32 Å². The van der Waals surface area contributed by atoms with Crippen molar-refractivity contribution in [2.45, 2.75) is 59.1 Å². The number of carbonyl (C=O) groups excluding carboxylic acids is 3. The van der Waals surface area contributed by atoms with Gasteiger partial charge in [-0.25, -0.2) is 0 Å². The van der Waals surface area contributed by atoms with Crippen molar-refractivity contribution in [2.24, 2.45) is 0 Å². The standard InChI is InChI=1S/C12H21NO4/c1-4-6-7-10(15)13-11(5-2)17-12(16)8-9(3)14/h11H,4-8H2,1-3H3,(H,13,15). The molecule has 0 saturated carbocycles. The minimum atomic E-state index is -0.633. The van der Waals surface area contributed by atoms with Crippen LogP contribution in [0.1, 0.15) is 52.9 Å². The third-order valence-corrected chi connectivity index (χ3v) is 2.12. The Morgan fingerprint density at radius 3 is 2.35 bits per heavy atom. The van der Waals surface area contributed by atoms with E-state index in [1.54, 1.807) is 6.92 Å². The average molecular weight is 243 g/mol. The van der Waals surface area contributed by atoms with Crippen LogP contribution in [0.3, 0.4) is 0 Å². The highest BCUT2D eigenvalue weighted by atomic mass is 16.6. The van der Waals surface area contributed by atoms with Crippen LogP contribution < -0.4 is 5.32 Å². The Bertz CT molecular complexity index is 276. The molecule has 0 bridgehead atoms.